The fourth-order valence-electron chi connectivity index (χ4n) is 3.17. The van der Waals surface area contributed by atoms with Gasteiger partial charge in [-0.1, -0.05) is 19.1 Å². The number of hydrogen-bond donors (Lipinski definition) is 1. The van der Waals surface area contributed by atoms with E-state index in [1.807, 2.05) is 0 Å². The molecule has 0 aliphatic rings. The Kier molecular flexibility index (Phi) is 3.18. The fraction of sp³-hybridized carbons (Fsp3) is 0.263. The number of fused-ring (bicyclic) bond motifs is 2. The van der Waals surface area contributed by atoms with Crippen molar-refractivity contribution in [2.45, 2.75) is 26.7 Å². The lowest BCUT2D eigenvalue weighted by molar-refractivity contribution is 0.861. The van der Waals surface area contributed by atoms with Crippen molar-refractivity contribution in [1.29, 1.82) is 0 Å². The van der Waals surface area contributed by atoms with E-state index >= 15 is 0 Å². The molecule has 4 rings (SSSR count). The minimum Gasteiger partial charge on any atom is -0.342 e. The summed E-state index contributed by atoms with van der Waals surface area (Å²) in [6.07, 6.45) is 2.08. The van der Waals surface area contributed by atoms with Gasteiger partial charge in [-0.3, -0.25) is 0 Å². The van der Waals surface area contributed by atoms with Gasteiger partial charge in [0.1, 0.15) is 11.6 Å². The lowest BCUT2D eigenvalue weighted by atomic mass is 10.2. The number of hydrogen-bond acceptors (Lipinski definition) is 2. The Morgan fingerprint density at radius 1 is 1.13 bits per heavy atom. The summed E-state index contributed by atoms with van der Waals surface area (Å²) in [6, 6.07) is 12.6. The van der Waals surface area contributed by atoms with E-state index in [2.05, 4.69) is 66.8 Å². The van der Waals surface area contributed by atoms with Crippen LogP contribution in [0, 0.1) is 6.92 Å². The maximum Gasteiger partial charge on any atom is 0.140 e. The van der Waals surface area contributed by atoms with Crippen LogP contribution in [0.25, 0.3) is 33.5 Å². The molecule has 0 radical (unpaired) electrons. The lowest BCUT2D eigenvalue weighted by Gasteiger charge is -2.02. The molecule has 0 bridgehead atoms. The molecular formula is C19H20N4. The molecule has 0 unspecified atom stereocenters. The molecule has 1 N–H and O–H groups in total. The number of aromatic amines is 1. The molecule has 4 nitrogen and oxygen atoms in total. The molecule has 4 heteroatoms. The van der Waals surface area contributed by atoms with Crippen LogP contribution in [0.2, 0.25) is 0 Å². The Morgan fingerprint density at radius 2 is 2.00 bits per heavy atom. The molecule has 0 fully saturated rings. The van der Waals surface area contributed by atoms with Crippen molar-refractivity contribution in [3.63, 3.8) is 0 Å². The number of H-pyrrole nitrogens is 1. The molecule has 0 amide bonds. The largest absolute Gasteiger partial charge is 0.342 e. The van der Waals surface area contributed by atoms with Gasteiger partial charge in [-0.2, -0.15) is 0 Å². The van der Waals surface area contributed by atoms with Gasteiger partial charge in [-0.25, -0.2) is 9.97 Å². The van der Waals surface area contributed by atoms with Crippen molar-refractivity contribution in [1.82, 2.24) is 19.5 Å². The number of rotatable bonds is 3. The van der Waals surface area contributed by atoms with E-state index in [1.54, 1.807) is 0 Å². The van der Waals surface area contributed by atoms with Crippen molar-refractivity contribution in [2.75, 3.05) is 0 Å². The van der Waals surface area contributed by atoms with Crippen LogP contribution in [0.3, 0.4) is 0 Å². The maximum atomic E-state index is 4.86. The normalized spacial score (nSPS) is 11.6. The molecule has 2 aromatic carbocycles. The number of aromatic nitrogens is 4. The van der Waals surface area contributed by atoms with Gasteiger partial charge in [0.15, 0.2) is 0 Å². The van der Waals surface area contributed by atoms with E-state index in [9.17, 15) is 0 Å². The molecule has 0 aliphatic heterocycles. The second-order valence-corrected chi connectivity index (χ2v) is 6.10. The minimum absolute atomic E-state index is 0.982. The fourth-order valence-corrected chi connectivity index (χ4v) is 3.17. The third-order valence-electron chi connectivity index (χ3n) is 4.39. The molecular weight excluding hydrogens is 284 g/mol. The van der Waals surface area contributed by atoms with E-state index in [0.29, 0.717) is 0 Å². The second-order valence-electron chi connectivity index (χ2n) is 6.10. The summed E-state index contributed by atoms with van der Waals surface area (Å²) in [5.41, 5.74) is 6.63. The number of nitrogens with one attached hydrogen (secondary N) is 1. The quantitative estimate of drug-likeness (QED) is 0.610. The summed E-state index contributed by atoms with van der Waals surface area (Å²) in [4.78, 5) is 12.9. The minimum atomic E-state index is 0.982. The summed E-state index contributed by atoms with van der Waals surface area (Å²) in [7, 11) is 2.07. The van der Waals surface area contributed by atoms with Crippen LogP contribution in [0.5, 0.6) is 0 Å². The highest BCUT2D eigenvalue weighted by Crippen LogP contribution is 2.27. The zero-order chi connectivity index (χ0) is 16.0. The highest BCUT2D eigenvalue weighted by molar-refractivity contribution is 5.86. The molecule has 0 aliphatic carbocycles. The molecule has 0 spiro atoms. The van der Waals surface area contributed by atoms with Gasteiger partial charge in [-0.05, 0) is 43.2 Å². The number of imidazole rings is 2. The first kappa shape index (κ1) is 14.0. The van der Waals surface area contributed by atoms with Gasteiger partial charge in [0, 0.05) is 19.0 Å². The summed E-state index contributed by atoms with van der Waals surface area (Å²) >= 11 is 0. The van der Waals surface area contributed by atoms with Gasteiger partial charge in [0.05, 0.1) is 22.1 Å². The van der Waals surface area contributed by atoms with Gasteiger partial charge in [0.25, 0.3) is 0 Å². The Bertz CT molecular complexity index is 1010. The molecule has 2 heterocycles. The van der Waals surface area contributed by atoms with Crippen molar-refractivity contribution in [3.05, 3.63) is 47.8 Å². The first-order valence-electron chi connectivity index (χ1n) is 8.08. The third kappa shape index (κ3) is 2.22. The van der Waals surface area contributed by atoms with Crippen LogP contribution < -0.4 is 0 Å². The van der Waals surface area contributed by atoms with Gasteiger partial charge < -0.3 is 9.55 Å². The first-order valence-corrected chi connectivity index (χ1v) is 8.08. The van der Waals surface area contributed by atoms with Crippen LogP contribution >= 0.6 is 0 Å². The Labute approximate surface area is 135 Å². The maximum absolute atomic E-state index is 4.86. The molecule has 23 heavy (non-hydrogen) atoms. The average molecular weight is 304 g/mol. The van der Waals surface area contributed by atoms with Crippen molar-refractivity contribution in [2.24, 2.45) is 7.05 Å². The third-order valence-corrected chi connectivity index (χ3v) is 4.39. The van der Waals surface area contributed by atoms with Crippen molar-refractivity contribution >= 4 is 22.1 Å². The average Bonchev–Trinajstić information content (AvgIpc) is 3.09. The van der Waals surface area contributed by atoms with E-state index in [4.69, 9.17) is 9.97 Å². The number of para-hydroxylation sites is 1. The summed E-state index contributed by atoms with van der Waals surface area (Å²) in [5.74, 6) is 2.04. The predicted octanol–water partition coefficient (Wildman–Crippen LogP) is 4.38. The summed E-state index contributed by atoms with van der Waals surface area (Å²) in [6.45, 7) is 4.27. The van der Waals surface area contributed by atoms with E-state index in [-0.39, 0.29) is 0 Å². The van der Waals surface area contributed by atoms with Crippen LogP contribution in [0.15, 0.2) is 36.4 Å². The van der Waals surface area contributed by atoms with Crippen LogP contribution in [-0.4, -0.2) is 19.5 Å². The second kappa shape index (κ2) is 5.23. The Morgan fingerprint density at radius 3 is 2.78 bits per heavy atom. The number of benzene rings is 2. The molecule has 2 aromatic heterocycles. The topological polar surface area (TPSA) is 46.5 Å². The van der Waals surface area contributed by atoms with Gasteiger partial charge in [0.2, 0.25) is 0 Å². The molecule has 0 saturated heterocycles. The molecule has 116 valence electrons. The van der Waals surface area contributed by atoms with Crippen LogP contribution in [-0.2, 0) is 13.5 Å². The number of aryl methyl sites for hydroxylation is 3. The molecule has 0 saturated carbocycles. The molecule has 0 atom stereocenters. The van der Waals surface area contributed by atoms with E-state index < -0.39 is 0 Å². The van der Waals surface area contributed by atoms with Crippen molar-refractivity contribution < 1.29 is 0 Å². The monoisotopic (exact) mass is 304 g/mol. The van der Waals surface area contributed by atoms with Gasteiger partial charge in [-0.15, -0.1) is 0 Å². The highest BCUT2D eigenvalue weighted by Gasteiger charge is 2.12. The van der Waals surface area contributed by atoms with Crippen LogP contribution in [0.4, 0.5) is 0 Å². The first-order chi connectivity index (χ1) is 11.2. The highest BCUT2D eigenvalue weighted by atomic mass is 15.1. The van der Waals surface area contributed by atoms with E-state index in [0.717, 1.165) is 52.1 Å². The Hall–Kier alpha value is -2.62. The van der Waals surface area contributed by atoms with Crippen molar-refractivity contribution in [3.8, 4) is 11.4 Å². The van der Waals surface area contributed by atoms with Crippen LogP contribution in [0.1, 0.15) is 24.7 Å². The smallest absolute Gasteiger partial charge is 0.140 e. The Balaban J connectivity index is 1.88. The SMILES string of the molecule is CCCc1nc2cc(-c3nc4c(C)cccc4n3C)ccc2[nH]1. The zero-order valence-electron chi connectivity index (χ0n) is 13.7. The zero-order valence-corrected chi connectivity index (χ0v) is 13.7. The standard InChI is InChI=1S/C19H20N4/c1-4-6-17-20-14-10-9-13(11-15(14)21-17)19-22-18-12(2)7-5-8-16(18)23(19)3/h5,7-11H,4,6H2,1-3H3,(H,20,21). The molecule has 4 aromatic rings. The van der Waals surface area contributed by atoms with E-state index in [1.165, 1.54) is 5.56 Å². The summed E-state index contributed by atoms with van der Waals surface area (Å²) < 4.78 is 2.16. The van der Waals surface area contributed by atoms with Gasteiger partial charge >= 0.3 is 0 Å². The number of nitrogens with zero attached hydrogens (tertiary/aromatic N) is 3. The summed E-state index contributed by atoms with van der Waals surface area (Å²) in [5, 5.41) is 0. The predicted molar refractivity (Wildman–Crippen MR) is 94.5 cm³/mol. The lowest BCUT2D eigenvalue weighted by Crippen LogP contribution is -1.92.